The second-order valence-electron chi connectivity index (χ2n) is 8.14. The Morgan fingerprint density at radius 2 is 1.81 bits per heavy atom. The van der Waals surface area contributed by atoms with E-state index in [2.05, 4.69) is 55.3 Å². The number of carbonyl (C=O) groups is 1. The zero-order valence-corrected chi connectivity index (χ0v) is 20.6. The molecule has 3 rings (SSSR count). The first kappa shape index (κ1) is 24.1. The van der Waals surface area contributed by atoms with Crippen LogP contribution in [0.15, 0.2) is 53.7 Å². The molecule has 8 heteroatoms. The number of halogens is 1. The molecule has 0 aliphatic heterocycles. The lowest BCUT2D eigenvalue weighted by molar-refractivity contribution is -0.113. The Bertz CT molecular complexity index is 1050. The molecular weight excluding hydrogens is 444 g/mol. The third kappa shape index (κ3) is 6.26. The Labute approximate surface area is 198 Å². The van der Waals surface area contributed by atoms with Gasteiger partial charge in [0.2, 0.25) is 5.91 Å². The van der Waals surface area contributed by atoms with Crippen molar-refractivity contribution >= 4 is 35.0 Å². The van der Waals surface area contributed by atoms with E-state index < -0.39 is 0 Å². The molecule has 0 aliphatic rings. The first-order valence-electron chi connectivity index (χ1n) is 10.6. The molecule has 1 N–H and O–H groups in total. The molecule has 32 heavy (non-hydrogen) atoms. The maximum atomic E-state index is 12.4. The van der Waals surface area contributed by atoms with Crippen molar-refractivity contribution in [2.75, 3.05) is 11.1 Å². The van der Waals surface area contributed by atoms with Crippen LogP contribution in [0.2, 0.25) is 5.02 Å². The van der Waals surface area contributed by atoms with Crippen molar-refractivity contribution in [3.05, 3.63) is 64.9 Å². The quantitative estimate of drug-likeness (QED) is 0.359. The molecule has 170 valence electrons. The molecule has 1 unspecified atom stereocenters. The molecule has 1 heterocycles. The highest BCUT2D eigenvalue weighted by atomic mass is 35.5. The van der Waals surface area contributed by atoms with Gasteiger partial charge >= 0.3 is 0 Å². The van der Waals surface area contributed by atoms with Crippen LogP contribution in [-0.4, -0.2) is 26.4 Å². The molecule has 0 radical (unpaired) electrons. The normalized spacial score (nSPS) is 12.2. The van der Waals surface area contributed by atoms with Gasteiger partial charge in [-0.3, -0.25) is 4.79 Å². The van der Waals surface area contributed by atoms with Crippen LogP contribution in [0.1, 0.15) is 64.1 Å². The molecular formula is C24H29ClN4O2S. The summed E-state index contributed by atoms with van der Waals surface area (Å²) < 4.78 is 8.15. The Kier molecular flexibility index (Phi) is 8.21. The molecule has 3 aromatic rings. The maximum absolute atomic E-state index is 12.4. The zero-order chi connectivity index (χ0) is 23.3. The minimum atomic E-state index is -0.288. The van der Waals surface area contributed by atoms with Crippen molar-refractivity contribution in [1.82, 2.24) is 14.8 Å². The van der Waals surface area contributed by atoms with Crippen LogP contribution in [0.4, 0.5) is 5.69 Å². The van der Waals surface area contributed by atoms with Crippen LogP contribution in [0.5, 0.6) is 5.75 Å². The van der Waals surface area contributed by atoms with Crippen molar-refractivity contribution in [2.45, 2.75) is 57.8 Å². The number of hydrogen-bond donors (Lipinski definition) is 1. The summed E-state index contributed by atoms with van der Waals surface area (Å²) >= 11 is 7.32. The summed E-state index contributed by atoms with van der Waals surface area (Å²) in [5.74, 6) is 2.07. The average Bonchev–Trinajstić information content (AvgIpc) is 3.17. The van der Waals surface area contributed by atoms with E-state index in [-0.39, 0.29) is 23.8 Å². The van der Waals surface area contributed by atoms with Gasteiger partial charge in [0.05, 0.1) is 5.75 Å². The van der Waals surface area contributed by atoms with Gasteiger partial charge in [-0.15, -0.1) is 10.2 Å². The monoisotopic (exact) mass is 472 g/mol. The summed E-state index contributed by atoms with van der Waals surface area (Å²) in [4.78, 5) is 12.4. The van der Waals surface area contributed by atoms with Crippen LogP contribution in [0.3, 0.4) is 0 Å². The SMILES string of the molecule is CC(C)c1ccc(OC(C)c2nnc(SCC(=O)Nc3cccc(Cl)c3)n2C(C)C)cc1. The summed E-state index contributed by atoms with van der Waals surface area (Å²) in [6.07, 6.45) is -0.288. The topological polar surface area (TPSA) is 69.0 Å². The minimum Gasteiger partial charge on any atom is -0.483 e. The zero-order valence-electron chi connectivity index (χ0n) is 19.0. The Hall–Kier alpha value is -2.51. The first-order valence-corrected chi connectivity index (χ1v) is 12.0. The second kappa shape index (κ2) is 10.9. The van der Waals surface area contributed by atoms with E-state index in [1.165, 1.54) is 17.3 Å². The number of hydrogen-bond acceptors (Lipinski definition) is 5. The molecule has 0 fully saturated rings. The van der Waals surface area contributed by atoms with E-state index in [9.17, 15) is 4.79 Å². The fraction of sp³-hybridized carbons (Fsp3) is 0.375. The first-order chi connectivity index (χ1) is 15.2. The third-order valence-electron chi connectivity index (χ3n) is 4.87. The van der Waals surface area contributed by atoms with Crippen LogP contribution in [-0.2, 0) is 4.79 Å². The van der Waals surface area contributed by atoms with Crippen LogP contribution >= 0.6 is 23.4 Å². The number of amides is 1. The second-order valence-corrected chi connectivity index (χ2v) is 9.51. The largest absolute Gasteiger partial charge is 0.483 e. The van der Waals surface area contributed by atoms with Gasteiger partial charge < -0.3 is 14.6 Å². The summed E-state index contributed by atoms with van der Waals surface area (Å²) in [7, 11) is 0. The standard InChI is InChI=1S/C24H29ClN4O2S/c1-15(2)18-9-11-21(12-10-18)31-17(5)23-27-28-24(29(23)16(3)4)32-14-22(30)26-20-8-6-7-19(25)13-20/h6-13,15-17H,14H2,1-5H3,(H,26,30). The van der Waals surface area contributed by atoms with Crippen LogP contribution < -0.4 is 10.1 Å². The number of carbonyl (C=O) groups excluding carboxylic acids is 1. The van der Waals surface area contributed by atoms with Crippen molar-refractivity contribution in [3.8, 4) is 5.75 Å². The summed E-state index contributed by atoms with van der Waals surface area (Å²) in [6.45, 7) is 10.4. The van der Waals surface area contributed by atoms with Gasteiger partial charge in [-0.2, -0.15) is 0 Å². The molecule has 0 saturated carbocycles. The Morgan fingerprint density at radius 3 is 2.44 bits per heavy atom. The van der Waals surface area contributed by atoms with E-state index in [4.69, 9.17) is 16.3 Å². The van der Waals surface area contributed by atoms with Gasteiger partial charge in [-0.05, 0) is 62.6 Å². The van der Waals surface area contributed by atoms with E-state index in [1.807, 2.05) is 23.6 Å². The number of nitrogens with one attached hydrogen (secondary N) is 1. The highest BCUT2D eigenvalue weighted by Gasteiger charge is 2.22. The fourth-order valence-corrected chi connectivity index (χ4v) is 4.30. The molecule has 1 atom stereocenters. The van der Waals surface area contributed by atoms with Gasteiger partial charge in [0.1, 0.15) is 5.75 Å². The molecule has 2 aromatic carbocycles. The molecule has 1 amide bonds. The summed E-state index contributed by atoms with van der Waals surface area (Å²) in [5, 5.41) is 12.8. The van der Waals surface area contributed by atoms with Gasteiger partial charge in [0.25, 0.3) is 0 Å². The molecule has 6 nitrogen and oxygen atoms in total. The molecule has 1 aromatic heterocycles. The van der Waals surface area contributed by atoms with Gasteiger partial charge in [0.15, 0.2) is 17.1 Å². The lowest BCUT2D eigenvalue weighted by Gasteiger charge is -2.19. The summed E-state index contributed by atoms with van der Waals surface area (Å²) in [6, 6.07) is 15.3. The lowest BCUT2D eigenvalue weighted by Crippen LogP contribution is -2.16. The van der Waals surface area contributed by atoms with Crippen LogP contribution in [0, 0.1) is 0 Å². The number of anilines is 1. The molecule has 0 bridgehead atoms. The van der Waals surface area contributed by atoms with Crippen molar-refractivity contribution in [3.63, 3.8) is 0 Å². The van der Waals surface area contributed by atoms with Gasteiger partial charge in [-0.1, -0.05) is 55.4 Å². The van der Waals surface area contributed by atoms with Gasteiger partial charge in [0, 0.05) is 16.8 Å². The molecule has 0 saturated heterocycles. The van der Waals surface area contributed by atoms with E-state index in [0.717, 1.165) is 11.6 Å². The lowest BCUT2D eigenvalue weighted by atomic mass is 10.0. The smallest absolute Gasteiger partial charge is 0.234 e. The number of rotatable bonds is 9. The van der Waals surface area contributed by atoms with E-state index >= 15 is 0 Å². The number of ether oxygens (including phenoxy) is 1. The minimum absolute atomic E-state index is 0.118. The van der Waals surface area contributed by atoms with Crippen LogP contribution in [0.25, 0.3) is 0 Å². The number of nitrogens with zero attached hydrogens (tertiary/aromatic N) is 3. The van der Waals surface area contributed by atoms with Crippen molar-refractivity contribution in [1.29, 1.82) is 0 Å². The Balaban J connectivity index is 1.67. The number of benzene rings is 2. The highest BCUT2D eigenvalue weighted by molar-refractivity contribution is 7.99. The molecule has 0 spiro atoms. The highest BCUT2D eigenvalue weighted by Crippen LogP contribution is 2.28. The Morgan fingerprint density at radius 1 is 1.09 bits per heavy atom. The summed E-state index contributed by atoms with van der Waals surface area (Å²) in [5.41, 5.74) is 1.93. The fourth-order valence-electron chi connectivity index (χ4n) is 3.23. The maximum Gasteiger partial charge on any atom is 0.234 e. The van der Waals surface area contributed by atoms with E-state index in [1.54, 1.807) is 24.3 Å². The number of aromatic nitrogens is 3. The average molecular weight is 473 g/mol. The van der Waals surface area contributed by atoms with E-state index in [0.29, 0.717) is 21.8 Å². The predicted octanol–water partition coefficient (Wildman–Crippen LogP) is 6.51. The third-order valence-corrected chi connectivity index (χ3v) is 6.05. The van der Waals surface area contributed by atoms with Crippen molar-refractivity contribution < 1.29 is 9.53 Å². The van der Waals surface area contributed by atoms with Gasteiger partial charge in [-0.25, -0.2) is 0 Å². The predicted molar refractivity (Wildman–Crippen MR) is 131 cm³/mol. The number of thioether (sulfide) groups is 1. The van der Waals surface area contributed by atoms with Crippen molar-refractivity contribution in [2.24, 2.45) is 0 Å². The molecule has 0 aliphatic carbocycles.